The lowest BCUT2D eigenvalue weighted by Gasteiger charge is -2.23. The Labute approximate surface area is 108 Å². The summed E-state index contributed by atoms with van der Waals surface area (Å²) < 4.78 is 20.2. The van der Waals surface area contributed by atoms with E-state index >= 15 is 0 Å². The van der Waals surface area contributed by atoms with Crippen LogP contribution in [0.3, 0.4) is 0 Å². The molecule has 0 N–H and O–H groups in total. The summed E-state index contributed by atoms with van der Waals surface area (Å²) in [5, 5.41) is 0. The summed E-state index contributed by atoms with van der Waals surface area (Å²) in [6.07, 6.45) is -2.18. The van der Waals surface area contributed by atoms with Crippen molar-refractivity contribution >= 4 is 11.9 Å². The van der Waals surface area contributed by atoms with Crippen molar-refractivity contribution in [2.75, 3.05) is 26.4 Å². The Bertz CT molecular complexity index is 227. The third-order valence-electron chi connectivity index (χ3n) is 2.01. The van der Waals surface area contributed by atoms with Gasteiger partial charge < -0.3 is 18.9 Å². The Morgan fingerprint density at radius 3 is 1.28 bits per heavy atom. The summed E-state index contributed by atoms with van der Waals surface area (Å²) in [6, 6.07) is 0. The molecule has 0 aromatic heterocycles. The average molecular weight is 262 g/mol. The summed E-state index contributed by atoms with van der Waals surface area (Å²) in [4.78, 5) is 23.4. The van der Waals surface area contributed by atoms with Crippen LogP contribution in [0.5, 0.6) is 0 Å². The lowest BCUT2D eigenvalue weighted by molar-refractivity contribution is -0.182. The normalized spacial score (nSPS) is 13.8. The third kappa shape index (κ3) is 5.46. The zero-order valence-corrected chi connectivity index (χ0v) is 11.4. The highest BCUT2D eigenvalue weighted by Gasteiger charge is 2.37. The predicted molar refractivity (Wildman–Crippen MR) is 64.1 cm³/mol. The second-order valence-corrected chi connectivity index (χ2v) is 3.26. The van der Waals surface area contributed by atoms with Gasteiger partial charge in [0.05, 0.1) is 13.2 Å². The first-order valence-electron chi connectivity index (χ1n) is 6.18. The SMILES string of the molecule is CCOC(=O)C(OCC)C(OCC)C(=O)OCC. The monoisotopic (exact) mass is 262 g/mol. The molecule has 0 aromatic carbocycles. The topological polar surface area (TPSA) is 71.1 Å². The van der Waals surface area contributed by atoms with Crippen LogP contribution in [0.2, 0.25) is 0 Å². The molecule has 0 saturated carbocycles. The van der Waals surface area contributed by atoms with Crippen LogP contribution in [0.15, 0.2) is 0 Å². The molecule has 0 radical (unpaired) electrons. The van der Waals surface area contributed by atoms with E-state index in [-0.39, 0.29) is 26.4 Å². The first-order valence-corrected chi connectivity index (χ1v) is 6.18. The summed E-state index contributed by atoms with van der Waals surface area (Å²) in [7, 11) is 0. The molecule has 0 aliphatic carbocycles. The molecule has 0 bridgehead atoms. The molecule has 0 saturated heterocycles. The maximum Gasteiger partial charge on any atom is 0.338 e. The number of ether oxygens (including phenoxy) is 4. The van der Waals surface area contributed by atoms with Crippen LogP contribution >= 0.6 is 0 Å². The standard InChI is InChI=1S/C12H22O6/c1-5-15-9(11(13)17-7-3)10(16-6-2)12(14)18-8-4/h9-10H,5-8H2,1-4H3. The molecule has 0 aliphatic rings. The van der Waals surface area contributed by atoms with Gasteiger partial charge in [-0.15, -0.1) is 0 Å². The Kier molecular flexibility index (Phi) is 9.22. The van der Waals surface area contributed by atoms with Crippen LogP contribution in [-0.4, -0.2) is 50.6 Å². The van der Waals surface area contributed by atoms with Gasteiger partial charge in [0.2, 0.25) is 0 Å². The highest BCUT2D eigenvalue weighted by Crippen LogP contribution is 2.09. The molecule has 2 atom stereocenters. The number of hydrogen-bond acceptors (Lipinski definition) is 6. The van der Waals surface area contributed by atoms with Gasteiger partial charge in [0, 0.05) is 13.2 Å². The summed E-state index contributed by atoms with van der Waals surface area (Å²) in [5.41, 5.74) is 0. The number of carbonyl (C=O) groups is 2. The van der Waals surface area contributed by atoms with Gasteiger partial charge in [-0.2, -0.15) is 0 Å². The fraction of sp³-hybridized carbons (Fsp3) is 0.833. The van der Waals surface area contributed by atoms with E-state index in [4.69, 9.17) is 18.9 Å². The van der Waals surface area contributed by atoms with Crippen molar-refractivity contribution in [1.82, 2.24) is 0 Å². The first kappa shape index (κ1) is 16.9. The van der Waals surface area contributed by atoms with Crippen molar-refractivity contribution in [3.63, 3.8) is 0 Å². The molecular weight excluding hydrogens is 240 g/mol. The third-order valence-corrected chi connectivity index (χ3v) is 2.01. The first-order chi connectivity index (χ1) is 8.62. The lowest BCUT2D eigenvalue weighted by Crippen LogP contribution is -2.45. The van der Waals surface area contributed by atoms with Crippen LogP contribution in [-0.2, 0) is 28.5 Å². The smallest absolute Gasteiger partial charge is 0.338 e. The quantitative estimate of drug-likeness (QED) is 0.575. The van der Waals surface area contributed by atoms with Crippen LogP contribution in [0.1, 0.15) is 27.7 Å². The van der Waals surface area contributed by atoms with Crippen LogP contribution in [0, 0.1) is 0 Å². The summed E-state index contributed by atoms with van der Waals surface area (Å²) in [5.74, 6) is -1.24. The molecule has 0 amide bonds. The Balaban J connectivity index is 4.84. The zero-order valence-electron chi connectivity index (χ0n) is 11.4. The molecule has 18 heavy (non-hydrogen) atoms. The van der Waals surface area contributed by atoms with Gasteiger partial charge in [-0.3, -0.25) is 0 Å². The molecular formula is C12H22O6. The molecule has 6 heteroatoms. The van der Waals surface area contributed by atoms with E-state index < -0.39 is 24.1 Å². The Morgan fingerprint density at radius 2 is 1.06 bits per heavy atom. The molecule has 0 fully saturated rings. The Morgan fingerprint density at radius 1 is 0.722 bits per heavy atom. The van der Waals surface area contributed by atoms with Crippen molar-refractivity contribution < 1.29 is 28.5 Å². The van der Waals surface area contributed by atoms with Crippen molar-refractivity contribution in [2.24, 2.45) is 0 Å². The van der Waals surface area contributed by atoms with Crippen LogP contribution in [0.4, 0.5) is 0 Å². The summed E-state index contributed by atoms with van der Waals surface area (Å²) >= 11 is 0. The van der Waals surface area contributed by atoms with Crippen molar-refractivity contribution in [3.05, 3.63) is 0 Å². The molecule has 0 aliphatic heterocycles. The van der Waals surface area contributed by atoms with E-state index in [1.165, 1.54) is 0 Å². The van der Waals surface area contributed by atoms with E-state index in [2.05, 4.69) is 0 Å². The number of carbonyl (C=O) groups excluding carboxylic acids is 2. The van der Waals surface area contributed by atoms with Crippen LogP contribution < -0.4 is 0 Å². The number of esters is 2. The maximum absolute atomic E-state index is 11.7. The molecule has 6 nitrogen and oxygen atoms in total. The van der Waals surface area contributed by atoms with Gasteiger partial charge in [0.25, 0.3) is 0 Å². The minimum atomic E-state index is -1.09. The highest BCUT2D eigenvalue weighted by atomic mass is 16.6. The van der Waals surface area contributed by atoms with E-state index in [0.29, 0.717) is 0 Å². The van der Waals surface area contributed by atoms with Gasteiger partial charge in [-0.1, -0.05) is 0 Å². The molecule has 0 spiro atoms. The van der Waals surface area contributed by atoms with Crippen molar-refractivity contribution in [1.29, 1.82) is 0 Å². The second kappa shape index (κ2) is 9.85. The predicted octanol–water partition coefficient (Wildman–Crippen LogP) is 0.923. The fourth-order valence-electron chi connectivity index (χ4n) is 1.37. The van der Waals surface area contributed by atoms with Gasteiger partial charge in [0.15, 0.2) is 12.2 Å². The van der Waals surface area contributed by atoms with Gasteiger partial charge >= 0.3 is 11.9 Å². The Hall–Kier alpha value is -1.14. The number of rotatable bonds is 9. The van der Waals surface area contributed by atoms with Crippen LogP contribution in [0.25, 0.3) is 0 Å². The maximum atomic E-state index is 11.7. The molecule has 0 heterocycles. The van der Waals surface area contributed by atoms with Crippen molar-refractivity contribution in [2.45, 2.75) is 39.9 Å². The van der Waals surface area contributed by atoms with Crippen molar-refractivity contribution in [3.8, 4) is 0 Å². The van der Waals surface area contributed by atoms with Gasteiger partial charge in [-0.05, 0) is 27.7 Å². The van der Waals surface area contributed by atoms with E-state index in [9.17, 15) is 9.59 Å². The largest absolute Gasteiger partial charge is 0.464 e. The van der Waals surface area contributed by atoms with E-state index in [0.717, 1.165) is 0 Å². The fourth-order valence-corrected chi connectivity index (χ4v) is 1.37. The van der Waals surface area contributed by atoms with Gasteiger partial charge in [-0.25, -0.2) is 9.59 Å². The molecule has 0 aromatic rings. The zero-order chi connectivity index (χ0) is 14.0. The van der Waals surface area contributed by atoms with E-state index in [1.54, 1.807) is 27.7 Å². The minimum Gasteiger partial charge on any atom is -0.464 e. The molecule has 0 rings (SSSR count). The summed E-state index contributed by atoms with van der Waals surface area (Å²) in [6.45, 7) is 7.77. The number of hydrogen-bond donors (Lipinski definition) is 0. The minimum absolute atomic E-state index is 0.212. The second-order valence-electron chi connectivity index (χ2n) is 3.26. The molecule has 2 unspecified atom stereocenters. The lowest BCUT2D eigenvalue weighted by atomic mass is 10.2. The van der Waals surface area contributed by atoms with Gasteiger partial charge in [0.1, 0.15) is 0 Å². The average Bonchev–Trinajstić information content (AvgIpc) is 2.34. The van der Waals surface area contributed by atoms with E-state index in [1.807, 2.05) is 0 Å². The highest BCUT2D eigenvalue weighted by molar-refractivity contribution is 5.85. The molecule has 106 valence electrons.